The Labute approximate surface area is 127 Å². The molecule has 1 rings (SSSR count). The van der Waals surface area contributed by atoms with Gasteiger partial charge in [0.2, 0.25) is 10.0 Å². The van der Waals surface area contributed by atoms with E-state index in [1.165, 1.54) is 6.07 Å². The average molecular weight is 325 g/mol. The topological polar surface area (TPSA) is 85.3 Å². The minimum absolute atomic E-state index is 0. The molecule has 20 heavy (non-hydrogen) atoms. The van der Waals surface area contributed by atoms with Gasteiger partial charge in [-0.25, -0.2) is 13.1 Å². The van der Waals surface area contributed by atoms with Crippen molar-refractivity contribution in [2.24, 2.45) is 11.7 Å². The summed E-state index contributed by atoms with van der Waals surface area (Å²) in [5, 5.41) is 0. The van der Waals surface area contributed by atoms with E-state index in [-0.39, 0.29) is 23.8 Å². The van der Waals surface area contributed by atoms with E-state index in [4.69, 9.17) is 10.2 Å². The summed E-state index contributed by atoms with van der Waals surface area (Å²) in [6, 6.07) is 1.53. The molecule has 3 N–H and O–H groups in total. The smallest absolute Gasteiger partial charge is 0.244 e. The Morgan fingerprint density at radius 1 is 1.40 bits per heavy atom. The van der Waals surface area contributed by atoms with Crippen LogP contribution in [0.2, 0.25) is 0 Å². The monoisotopic (exact) mass is 324 g/mol. The summed E-state index contributed by atoms with van der Waals surface area (Å²) in [6.07, 6.45) is 0.679. The first kappa shape index (κ1) is 19.4. The Morgan fingerprint density at radius 3 is 2.30 bits per heavy atom. The Bertz CT molecular complexity index is 540. The number of hydrogen-bond acceptors (Lipinski definition) is 4. The van der Waals surface area contributed by atoms with E-state index >= 15 is 0 Å². The Hall–Kier alpha value is -0.560. The molecule has 0 radical (unpaired) electrons. The standard InChI is InChI=1S/C13H24N2O3S.ClH/c1-9(2)7-13(5,8-14)15-19(16,17)12-6-10(3)18-11(12)4;/h6,9,15H,7-8,14H2,1-5H3;1H. The second-order valence-corrected chi connectivity index (χ2v) is 7.40. The van der Waals surface area contributed by atoms with Crippen LogP contribution in [0, 0.1) is 19.8 Å². The van der Waals surface area contributed by atoms with E-state index < -0.39 is 15.6 Å². The van der Waals surface area contributed by atoms with Gasteiger partial charge in [0.05, 0.1) is 0 Å². The highest BCUT2D eigenvalue weighted by Gasteiger charge is 2.32. The largest absolute Gasteiger partial charge is 0.465 e. The number of nitrogens with two attached hydrogens (primary N) is 1. The van der Waals surface area contributed by atoms with Gasteiger partial charge in [-0.3, -0.25) is 0 Å². The molecule has 118 valence electrons. The molecule has 0 aliphatic heterocycles. The number of rotatable bonds is 6. The van der Waals surface area contributed by atoms with Crippen LogP contribution in [0.5, 0.6) is 0 Å². The summed E-state index contributed by atoms with van der Waals surface area (Å²) in [5.74, 6) is 1.33. The molecule has 7 heteroatoms. The Kier molecular flexibility index (Phi) is 6.74. The van der Waals surface area contributed by atoms with Crippen LogP contribution < -0.4 is 10.5 Å². The minimum Gasteiger partial charge on any atom is -0.465 e. The summed E-state index contributed by atoms with van der Waals surface area (Å²) < 4.78 is 32.8. The second kappa shape index (κ2) is 6.93. The van der Waals surface area contributed by atoms with Crippen LogP contribution in [0.3, 0.4) is 0 Å². The Morgan fingerprint density at radius 2 is 1.95 bits per heavy atom. The van der Waals surface area contributed by atoms with E-state index in [1.807, 2.05) is 20.8 Å². The third-order valence-corrected chi connectivity index (χ3v) is 4.72. The van der Waals surface area contributed by atoms with E-state index in [2.05, 4.69) is 4.72 Å². The first-order valence-corrected chi connectivity index (χ1v) is 7.89. The molecule has 1 atom stereocenters. The summed E-state index contributed by atoms with van der Waals surface area (Å²) >= 11 is 0. The molecule has 1 aromatic rings. The predicted molar refractivity (Wildman–Crippen MR) is 82.7 cm³/mol. The van der Waals surface area contributed by atoms with Crippen LogP contribution in [0.25, 0.3) is 0 Å². The lowest BCUT2D eigenvalue weighted by Crippen LogP contribution is -2.52. The highest BCUT2D eigenvalue weighted by Crippen LogP contribution is 2.23. The lowest BCUT2D eigenvalue weighted by Gasteiger charge is -2.30. The molecule has 0 fully saturated rings. The van der Waals surface area contributed by atoms with Crippen LogP contribution in [0.1, 0.15) is 38.7 Å². The van der Waals surface area contributed by atoms with Crippen molar-refractivity contribution >= 4 is 22.4 Å². The zero-order valence-corrected chi connectivity index (χ0v) is 14.3. The van der Waals surface area contributed by atoms with Crippen molar-refractivity contribution in [2.75, 3.05) is 6.54 Å². The fourth-order valence-corrected chi connectivity index (χ4v) is 3.99. The third-order valence-electron chi connectivity index (χ3n) is 2.98. The third kappa shape index (κ3) is 4.77. The van der Waals surface area contributed by atoms with E-state index in [1.54, 1.807) is 13.8 Å². The first-order valence-electron chi connectivity index (χ1n) is 6.41. The number of halogens is 1. The molecule has 0 aliphatic rings. The lowest BCUT2D eigenvalue weighted by molar-refractivity contribution is 0.344. The van der Waals surface area contributed by atoms with Gasteiger partial charge in [-0.05, 0) is 39.2 Å². The molecule has 1 unspecified atom stereocenters. The molecule has 0 saturated carbocycles. The molecule has 0 saturated heterocycles. The van der Waals surface area contributed by atoms with Gasteiger partial charge >= 0.3 is 0 Å². The highest BCUT2D eigenvalue weighted by atomic mass is 35.5. The fourth-order valence-electron chi connectivity index (χ4n) is 2.32. The van der Waals surface area contributed by atoms with Crippen molar-refractivity contribution in [2.45, 2.75) is 51.5 Å². The average Bonchev–Trinajstić information content (AvgIpc) is 2.56. The minimum atomic E-state index is -3.61. The molecule has 0 amide bonds. The fraction of sp³-hybridized carbons (Fsp3) is 0.692. The van der Waals surface area contributed by atoms with Crippen molar-refractivity contribution < 1.29 is 12.8 Å². The van der Waals surface area contributed by atoms with Crippen molar-refractivity contribution in [3.8, 4) is 0 Å². The van der Waals surface area contributed by atoms with Gasteiger partial charge in [0.15, 0.2) is 0 Å². The quantitative estimate of drug-likeness (QED) is 0.841. The van der Waals surface area contributed by atoms with Gasteiger partial charge in [-0.1, -0.05) is 13.8 Å². The van der Waals surface area contributed by atoms with Crippen molar-refractivity contribution in [1.82, 2.24) is 4.72 Å². The molecule has 0 aliphatic carbocycles. The van der Waals surface area contributed by atoms with Crippen LogP contribution in [0.15, 0.2) is 15.4 Å². The van der Waals surface area contributed by atoms with Crippen LogP contribution in [0.4, 0.5) is 0 Å². The number of furan rings is 1. The van der Waals surface area contributed by atoms with Crippen LogP contribution in [-0.4, -0.2) is 20.5 Å². The van der Waals surface area contributed by atoms with Gasteiger partial charge in [-0.2, -0.15) is 0 Å². The molecule has 0 bridgehead atoms. The maximum Gasteiger partial charge on any atom is 0.244 e. The van der Waals surface area contributed by atoms with Gasteiger partial charge in [0.25, 0.3) is 0 Å². The van der Waals surface area contributed by atoms with E-state index in [9.17, 15) is 8.42 Å². The van der Waals surface area contributed by atoms with Gasteiger partial charge in [0.1, 0.15) is 16.4 Å². The van der Waals surface area contributed by atoms with E-state index in [0.29, 0.717) is 23.9 Å². The SMILES string of the molecule is Cc1cc(S(=O)(=O)NC(C)(CN)CC(C)C)c(C)o1.Cl. The number of aryl methyl sites for hydroxylation is 2. The molecule has 0 spiro atoms. The van der Waals surface area contributed by atoms with Gasteiger partial charge in [0, 0.05) is 12.1 Å². The van der Waals surface area contributed by atoms with E-state index in [0.717, 1.165) is 0 Å². The number of hydrogen-bond donors (Lipinski definition) is 2. The van der Waals surface area contributed by atoms with Crippen molar-refractivity contribution in [3.05, 3.63) is 17.6 Å². The zero-order chi connectivity index (χ0) is 14.8. The summed E-state index contributed by atoms with van der Waals surface area (Å²) in [6.45, 7) is 9.52. The first-order chi connectivity index (χ1) is 8.59. The number of nitrogens with one attached hydrogen (secondary N) is 1. The van der Waals surface area contributed by atoms with Crippen LogP contribution >= 0.6 is 12.4 Å². The highest BCUT2D eigenvalue weighted by molar-refractivity contribution is 7.89. The lowest BCUT2D eigenvalue weighted by atomic mass is 9.92. The van der Waals surface area contributed by atoms with Gasteiger partial charge < -0.3 is 10.2 Å². The van der Waals surface area contributed by atoms with Crippen LogP contribution in [-0.2, 0) is 10.0 Å². The van der Waals surface area contributed by atoms with Gasteiger partial charge in [-0.15, -0.1) is 12.4 Å². The number of sulfonamides is 1. The molecular weight excluding hydrogens is 300 g/mol. The van der Waals surface area contributed by atoms with Crippen molar-refractivity contribution in [3.63, 3.8) is 0 Å². The maximum absolute atomic E-state index is 12.4. The molecule has 5 nitrogen and oxygen atoms in total. The molecular formula is C13H25ClN2O3S. The predicted octanol–water partition coefficient (Wildman–Crippen LogP) is 2.36. The summed E-state index contributed by atoms with van der Waals surface area (Å²) in [7, 11) is -3.61. The summed E-state index contributed by atoms with van der Waals surface area (Å²) in [5.41, 5.74) is 5.09. The van der Waals surface area contributed by atoms with Crippen molar-refractivity contribution in [1.29, 1.82) is 0 Å². The Balaban J connectivity index is 0.00000361. The maximum atomic E-state index is 12.4. The summed E-state index contributed by atoms with van der Waals surface area (Å²) in [4.78, 5) is 0.188. The second-order valence-electron chi connectivity index (χ2n) is 5.75. The normalized spacial score (nSPS) is 14.9. The zero-order valence-electron chi connectivity index (χ0n) is 12.7. The molecule has 1 aromatic heterocycles. The molecule has 0 aromatic carbocycles. The molecule has 1 heterocycles.